The molecule has 0 amide bonds. The highest BCUT2D eigenvalue weighted by atomic mass is 15.1. The van der Waals surface area contributed by atoms with Crippen molar-refractivity contribution >= 4 is 38.9 Å². The normalized spacial score (nSPS) is 13.5. The van der Waals surface area contributed by atoms with Gasteiger partial charge in [0.05, 0.1) is 21.9 Å². The lowest BCUT2D eigenvalue weighted by atomic mass is 9.70. The van der Waals surface area contributed by atoms with Crippen LogP contribution in [-0.4, -0.2) is 4.57 Å². The molecular formula is C82H56N2. The average molecular weight is 1070 g/mol. The Hall–Kier alpha value is -10.5. The number of anilines is 3. The van der Waals surface area contributed by atoms with Crippen molar-refractivity contribution in [3.63, 3.8) is 0 Å². The van der Waals surface area contributed by atoms with Crippen molar-refractivity contribution in [1.29, 1.82) is 0 Å². The van der Waals surface area contributed by atoms with Crippen molar-refractivity contribution in [2.75, 3.05) is 4.90 Å². The summed E-state index contributed by atoms with van der Waals surface area (Å²) in [7, 11) is 0. The zero-order valence-electron chi connectivity index (χ0n) is 46.8. The highest BCUT2D eigenvalue weighted by Gasteiger charge is 2.53. The van der Waals surface area contributed by atoms with Crippen LogP contribution in [0.25, 0.3) is 94.3 Å². The summed E-state index contributed by atoms with van der Waals surface area (Å²) in [4.78, 5) is 2.52. The Morgan fingerprint density at radius 2 is 0.500 bits per heavy atom. The Labute approximate surface area is 490 Å². The Balaban J connectivity index is 0.00000275. The second kappa shape index (κ2) is 18.5. The van der Waals surface area contributed by atoms with Gasteiger partial charge in [-0.2, -0.15) is 0 Å². The van der Waals surface area contributed by atoms with Gasteiger partial charge in [-0.25, -0.2) is 0 Å². The van der Waals surface area contributed by atoms with E-state index in [1.54, 1.807) is 0 Å². The maximum atomic E-state index is 2.52. The van der Waals surface area contributed by atoms with E-state index in [4.69, 9.17) is 0 Å². The molecule has 0 saturated carbocycles. The summed E-state index contributed by atoms with van der Waals surface area (Å²) in [6.07, 6.45) is 0. The molecule has 394 valence electrons. The molecule has 0 bridgehead atoms. The minimum Gasteiger partial charge on any atom is -0.310 e. The van der Waals surface area contributed by atoms with Gasteiger partial charge in [0, 0.05) is 33.5 Å². The van der Waals surface area contributed by atoms with Crippen molar-refractivity contribution in [2.24, 2.45) is 0 Å². The van der Waals surface area contributed by atoms with Crippen LogP contribution in [0.2, 0.25) is 0 Å². The van der Waals surface area contributed by atoms with Crippen molar-refractivity contribution in [3.8, 4) is 72.4 Å². The van der Waals surface area contributed by atoms with E-state index in [1.165, 1.54) is 133 Å². The Bertz CT molecular complexity index is 4600. The second-order valence-electron chi connectivity index (χ2n) is 22.6. The molecule has 4 aliphatic carbocycles. The lowest BCUT2D eigenvalue weighted by molar-refractivity contribution is 0.792. The maximum Gasteiger partial charge on any atom is 0.0726 e. The fraction of sp³-hybridized carbons (Fsp3) is 0.0488. The van der Waals surface area contributed by atoms with Crippen molar-refractivity contribution in [3.05, 3.63) is 348 Å². The van der Waals surface area contributed by atoms with E-state index in [0.29, 0.717) is 0 Å². The number of fused-ring (bicyclic) bond motifs is 23. The SMILES string of the molecule is CC.c1ccc2c(c1)-c1ccccc1C21c2ccccc2-c2ccc(N(c3ccc(-c4ccc(-c5ccc(-n6c7ccccc7c7ccccc76)cc5)cc4)cc3)c3ccc4c(c3)C3(c5ccccc5-c5ccccc53)c3ccccc3-4)cc21. The number of aromatic nitrogens is 1. The summed E-state index contributed by atoms with van der Waals surface area (Å²) in [5.74, 6) is 0. The monoisotopic (exact) mass is 1070 g/mol. The highest BCUT2D eigenvalue weighted by Crippen LogP contribution is 2.65. The predicted octanol–water partition coefficient (Wildman–Crippen LogP) is 21.3. The van der Waals surface area contributed by atoms with E-state index in [9.17, 15) is 0 Å². The topological polar surface area (TPSA) is 8.17 Å². The molecule has 2 heteroatoms. The van der Waals surface area contributed by atoms with E-state index in [-0.39, 0.29) is 0 Å². The second-order valence-corrected chi connectivity index (χ2v) is 22.6. The molecule has 0 saturated heterocycles. The van der Waals surface area contributed by atoms with Crippen LogP contribution in [0.5, 0.6) is 0 Å². The molecule has 13 aromatic carbocycles. The molecule has 1 heterocycles. The van der Waals surface area contributed by atoms with Gasteiger partial charge in [0.15, 0.2) is 0 Å². The number of benzene rings is 13. The third-order valence-corrected chi connectivity index (χ3v) is 18.9. The van der Waals surface area contributed by atoms with E-state index in [1.807, 2.05) is 13.8 Å². The fourth-order valence-corrected chi connectivity index (χ4v) is 15.6. The molecule has 0 atom stereocenters. The minimum absolute atomic E-state index is 0.480. The van der Waals surface area contributed by atoms with E-state index in [0.717, 1.165) is 22.7 Å². The first-order valence-corrected chi connectivity index (χ1v) is 29.7. The minimum atomic E-state index is -0.480. The van der Waals surface area contributed by atoms with E-state index < -0.39 is 10.8 Å². The molecule has 0 unspecified atom stereocenters. The maximum absolute atomic E-state index is 2.52. The van der Waals surface area contributed by atoms with Gasteiger partial charge in [-0.15, -0.1) is 0 Å². The van der Waals surface area contributed by atoms with Crippen LogP contribution in [0.4, 0.5) is 17.1 Å². The first kappa shape index (κ1) is 48.2. The van der Waals surface area contributed by atoms with Crippen LogP contribution in [0, 0.1) is 0 Å². The molecule has 2 nitrogen and oxygen atoms in total. The summed E-state index contributed by atoms with van der Waals surface area (Å²) in [6.45, 7) is 4.00. The number of hydrogen-bond donors (Lipinski definition) is 0. The molecule has 4 aliphatic rings. The average Bonchev–Trinajstić information content (AvgIpc) is 1.63. The van der Waals surface area contributed by atoms with Gasteiger partial charge in [-0.3, -0.25) is 0 Å². The summed E-state index contributed by atoms with van der Waals surface area (Å²) < 4.78 is 2.38. The van der Waals surface area contributed by atoms with Crippen LogP contribution in [0.1, 0.15) is 58.4 Å². The summed E-state index contributed by atoms with van der Waals surface area (Å²) in [6, 6.07) is 114. The van der Waals surface area contributed by atoms with Gasteiger partial charge >= 0.3 is 0 Å². The third kappa shape index (κ3) is 6.51. The Morgan fingerprint density at radius 3 is 0.845 bits per heavy atom. The molecule has 0 fully saturated rings. The van der Waals surface area contributed by atoms with Gasteiger partial charge < -0.3 is 9.47 Å². The van der Waals surface area contributed by atoms with E-state index >= 15 is 0 Å². The zero-order valence-corrected chi connectivity index (χ0v) is 46.8. The number of hydrogen-bond acceptors (Lipinski definition) is 1. The van der Waals surface area contributed by atoms with E-state index in [2.05, 4.69) is 313 Å². The van der Waals surface area contributed by atoms with Gasteiger partial charge in [0.2, 0.25) is 0 Å². The molecular weight excluding hydrogens is 1010 g/mol. The number of nitrogens with zero attached hydrogens (tertiary/aromatic N) is 2. The van der Waals surface area contributed by atoms with Crippen molar-refractivity contribution in [1.82, 2.24) is 4.57 Å². The fourth-order valence-electron chi connectivity index (χ4n) is 15.6. The molecule has 84 heavy (non-hydrogen) atoms. The van der Waals surface area contributed by atoms with Gasteiger partial charge in [0.1, 0.15) is 0 Å². The standard InChI is InChI=1S/C80H50N2.C2H6/c1-9-25-69-59(17-1)60-18-2-10-26-70(60)79(69)73-29-13-5-21-63(73)65-47-45-57(49-75(65)79)81(58-46-48-66-64-22-6-14-30-74(64)80(76(66)50-58)71-27-11-3-19-61(71)62-20-4-12-28-72(62)80)55-41-37-53(38-42-55)51-33-35-52(36-34-51)54-39-43-56(44-40-54)82-77-31-15-7-23-67(77)68-24-8-16-32-78(68)82;1-2/h1-50H;1-2H3. The molecule has 18 rings (SSSR count). The third-order valence-electron chi connectivity index (χ3n) is 18.9. The Morgan fingerprint density at radius 1 is 0.238 bits per heavy atom. The largest absolute Gasteiger partial charge is 0.310 e. The molecule has 0 aliphatic heterocycles. The summed E-state index contributed by atoms with van der Waals surface area (Å²) in [5.41, 5.74) is 31.7. The van der Waals surface area contributed by atoms with Crippen molar-refractivity contribution < 1.29 is 0 Å². The zero-order chi connectivity index (χ0) is 55.7. The number of para-hydroxylation sites is 2. The number of rotatable bonds is 6. The lowest BCUT2D eigenvalue weighted by Crippen LogP contribution is -2.26. The summed E-state index contributed by atoms with van der Waals surface area (Å²) >= 11 is 0. The van der Waals surface area contributed by atoms with Gasteiger partial charge in [0.25, 0.3) is 0 Å². The first-order valence-electron chi connectivity index (χ1n) is 29.7. The van der Waals surface area contributed by atoms with Gasteiger partial charge in [-0.05, 0) is 172 Å². The molecule has 2 spiro atoms. The van der Waals surface area contributed by atoms with Crippen LogP contribution >= 0.6 is 0 Å². The van der Waals surface area contributed by atoms with Crippen molar-refractivity contribution in [2.45, 2.75) is 24.7 Å². The molecule has 14 aromatic rings. The smallest absolute Gasteiger partial charge is 0.0726 e. The van der Waals surface area contributed by atoms with Crippen LogP contribution in [0.3, 0.4) is 0 Å². The lowest BCUT2D eigenvalue weighted by Gasteiger charge is -2.33. The van der Waals surface area contributed by atoms with Crippen LogP contribution < -0.4 is 4.90 Å². The predicted molar refractivity (Wildman–Crippen MR) is 350 cm³/mol. The van der Waals surface area contributed by atoms with Crippen LogP contribution in [-0.2, 0) is 10.8 Å². The Kier molecular flexibility index (Phi) is 10.6. The quantitative estimate of drug-likeness (QED) is 0.161. The highest BCUT2D eigenvalue weighted by molar-refractivity contribution is 6.09. The molecule has 1 aromatic heterocycles. The first-order chi connectivity index (χ1) is 41.7. The molecule has 0 N–H and O–H groups in total. The summed E-state index contributed by atoms with van der Waals surface area (Å²) in [5, 5.41) is 2.54. The van der Waals surface area contributed by atoms with Gasteiger partial charge in [-0.1, -0.05) is 257 Å². The molecule has 0 radical (unpaired) electrons. The van der Waals surface area contributed by atoms with Crippen LogP contribution in [0.15, 0.2) is 303 Å².